The first kappa shape index (κ1) is 13.9. The number of fused-ring (bicyclic) bond motifs is 1. The molecule has 0 amide bonds. The normalized spacial score (nSPS) is 14.0. The minimum absolute atomic E-state index is 0.310. The molecule has 1 aliphatic carbocycles. The Labute approximate surface area is 125 Å². The summed E-state index contributed by atoms with van der Waals surface area (Å²) in [6.45, 7) is 1.85. The highest BCUT2D eigenvalue weighted by Gasteiger charge is 2.19. The smallest absolute Gasteiger partial charge is 0.261 e. The number of rotatable bonds is 3. The average molecular weight is 302 g/mol. The first-order chi connectivity index (χ1) is 9.95. The van der Waals surface area contributed by atoms with Crippen LogP contribution in [0.2, 0.25) is 0 Å². The van der Waals surface area contributed by atoms with Crippen LogP contribution >= 0.6 is 0 Å². The predicted molar refractivity (Wildman–Crippen MR) is 84.9 cm³/mol. The second-order valence-corrected chi connectivity index (χ2v) is 7.15. The Morgan fingerprint density at radius 1 is 1.05 bits per heavy atom. The molecule has 0 radical (unpaired) electrons. The van der Waals surface area contributed by atoms with Crippen LogP contribution in [0.4, 0.5) is 11.4 Å². The highest BCUT2D eigenvalue weighted by atomic mass is 32.2. The van der Waals surface area contributed by atoms with E-state index in [0.717, 1.165) is 30.4 Å². The maximum Gasteiger partial charge on any atom is 0.261 e. The Morgan fingerprint density at radius 2 is 1.81 bits per heavy atom. The molecule has 4 nitrogen and oxygen atoms in total. The van der Waals surface area contributed by atoms with Gasteiger partial charge in [-0.3, -0.25) is 4.72 Å². The van der Waals surface area contributed by atoms with Crippen molar-refractivity contribution in [3.8, 4) is 0 Å². The van der Waals surface area contributed by atoms with E-state index in [0.29, 0.717) is 16.3 Å². The van der Waals surface area contributed by atoms with Crippen LogP contribution in [0, 0.1) is 6.92 Å². The molecule has 0 atom stereocenters. The van der Waals surface area contributed by atoms with Gasteiger partial charge in [0, 0.05) is 5.69 Å². The average Bonchev–Trinajstić information content (AvgIpc) is 2.90. The number of aryl methyl sites for hydroxylation is 3. The van der Waals surface area contributed by atoms with Crippen LogP contribution in [0.1, 0.15) is 23.1 Å². The van der Waals surface area contributed by atoms with Crippen molar-refractivity contribution in [1.82, 2.24) is 0 Å². The maximum atomic E-state index is 12.5. The lowest BCUT2D eigenvalue weighted by Gasteiger charge is -2.12. The molecular weight excluding hydrogens is 284 g/mol. The number of benzene rings is 2. The largest absolute Gasteiger partial charge is 0.399 e. The van der Waals surface area contributed by atoms with Crippen molar-refractivity contribution in [3.63, 3.8) is 0 Å². The summed E-state index contributed by atoms with van der Waals surface area (Å²) >= 11 is 0. The van der Waals surface area contributed by atoms with Gasteiger partial charge < -0.3 is 5.73 Å². The van der Waals surface area contributed by atoms with Crippen LogP contribution in [0.3, 0.4) is 0 Å². The second kappa shape index (κ2) is 5.07. The van der Waals surface area contributed by atoms with Gasteiger partial charge in [0.2, 0.25) is 0 Å². The lowest BCUT2D eigenvalue weighted by atomic mass is 10.1. The van der Waals surface area contributed by atoms with Gasteiger partial charge in [0.15, 0.2) is 0 Å². The first-order valence-electron chi connectivity index (χ1n) is 6.96. The molecule has 3 N–H and O–H groups in total. The number of nitrogens with one attached hydrogen (secondary N) is 1. The SMILES string of the molecule is Cc1ccc(N)cc1NS(=O)(=O)c1ccc2c(c1)CCC2. The minimum atomic E-state index is -3.58. The molecule has 5 heteroatoms. The van der Waals surface area contributed by atoms with Gasteiger partial charge in [-0.05, 0) is 67.1 Å². The highest BCUT2D eigenvalue weighted by molar-refractivity contribution is 7.92. The fraction of sp³-hybridized carbons (Fsp3) is 0.250. The zero-order valence-corrected chi connectivity index (χ0v) is 12.7. The summed E-state index contributed by atoms with van der Waals surface area (Å²) in [5, 5.41) is 0. The van der Waals surface area contributed by atoms with Crippen LogP contribution in [0.5, 0.6) is 0 Å². The molecule has 0 saturated carbocycles. The van der Waals surface area contributed by atoms with E-state index in [4.69, 9.17) is 5.73 Å². The van der Waals surface area contributed by atoms with E-state index in [1.54, 1.807) is 30.3 Å². The molecule has 2 aromatic rings. The minimum Gasteiger partial charge on any atom is -0.399 e. The maximum absolute atomic E-state index is 12.5. The van der Waals surface area contributed by atoms with Crippen LogP contribution in [-0.4, -0.2) is 8.42 Å². The van der Waals surface area contributed by atoms with Crippen molar-refractivity contribution in [2.45, 2.75) is 31.1 Å². The number of anilines is 2. The van der Waals surface area contributed by atoms with Crippen molar-refractivity contribution in [3.05, 3.63) is 53.1 Å². The van der Waals surface area contributed by atoms with Crippen molar-refractivity contribution >= 4 is 21.4 Å². The summed E-state index contributed by atoms with van der Waals surface area (Å²) in [4.78, 5) is 0.310. The molecule has 0 saturated heterocycles. The summed E-state index contributed by atoms with van der Waals surface area (Å²) in [7, 11) is -3.58. The molecular formula is C16H18N2O2S. The van der Waals surface area contributed by atoms with Crippen LogP contribution in [-0.2, 0) is 22.9 Å². The van der Waals surface area contributed by atoms with Crippen molar-refractivity contribution < 1.29 is 8.42 Å². The zero-order chi connectivity index (χ0) is 15.0. The summed E-state index contributed by atoms with van der Waals surface area (Å²) in [5.41, 5.74) is 10.0. The molecule has 0 heterocycles. The monoisotopic (exact) mass is 302 g/mol. The first-order valence-corrected chi connectivity index (χ1v) is 8.45. The lowest BCUT2D eigenvalue weighted by Crippen LogP contribution is -2.14. The Bertz CT molecular complexity index is 798. The molecule has 0 unspecified atom stereocenters. The van der Waals surface area contributed by atoms with Crippen molar-refractivity contribution in [2.75, 3.05) is 10.5 Å². The van der Waals surface area contributed by atoms with E-state index in [9.17, 15) is 8.42 Å². The third-order valence-corrected chi connectivity index (χ3v) is 5.25. The van der Waals surface area contributed by atoms with Crippen molar-refractivity contribution in [2.24, 2.45) is 0 Å². The van der Waals surface area contributed by atoms with Gasteiger partial charge in [-0.25, -0.2) is 8.42 Å². The molecule has 21 heavy (non-hydrogen) atoms. The van der Waals surface area contributed by atoms with Crippen LogP contribution in [0.15, 0.2) is 41.3 Å². The Balaban J connectivity index is 1.95. The molecule has 2 aromatic carbocycles. The third kappa shape index (κ3) is 2.74. The van der Waals surface area contributed by atoms with E-state index in [2.05, 4.69) is 4.72 Å². The van der Waals surface area contributed by atoms with Crippen LogP contribution in [0.25, 0.3) is 0 Å². The van der Waals surface area contributed by atoms with Gasteiger partial charge in [0.05, 0.1) is 10.6 Å². The summed E-state index contributed by atoms with van der Waals surface area (Å²) in [6, 6.07) is 10.6. The van der Waals surface area contributed by atoms with E-state index in [-0.39, 0.29) is 0 Å². The topological polar surface area (TPSA) is 72.2 Å². The fourth-order valence-corrected chi connectivity index (χ4v) is 3.84. The van der Waals surface area contributed by atoms with Gasteiger partial charge in [0.25, 0.3) is 10.0 Å². The molecule has 0 fully saturated rings. The van der Waals surface area contributed by atoms with Gasteiger partial charge in [-0.15, -0.1) is 0 Å². The van der Waals surface area contributed by atoms with Gasteiger partial charge in [-0.1, -0.05) is 12.1 Å². The number of nitrogen functional groups attached to an aromatic ring is 1. The Hall–Kier alpha value is -2.01. The third-order valence-electron chi connectivity index (χ3n) is 3.89. The summed E-state index contributed by atoms with van der Waals surface area (Å²) in [5.74, 6) is 0. The molecule has 110 valence electrons. The molecule has 3 rings (SSSR count). The van der Waals surface area contributed by atoms with E-state index >= 15 is 0 Å². The number of hydrogen-bond acceptors (Lipinski definition) is 3. The molecule has 0 aliphatic heterocycles. The van der Waals surface area contributed by atoms with E-state index < -0.39 is 10.0 Å². The molecule has 1 aliphatic rings. The quantitative estimate of drug-likeness (QED) is 0.856. The van der Waals surface area contributed by atoms with E-state index in [1.807, 2.05) is 13.0 Å². The van der Waals surface area contributed by atoms with Gasteiger partial charge >= 0.3 is 0 Å². The van der Waals surface area contributed by atoms with Gasteiger partial charge in [0.1, 0.15) is 0 Å². The molecule has 0 spiro atoms. The Morgan fingerprint density at radius 3 is 2.62 bits per heavy atom. The standard InChI is InChI=1S/C16H18N2O2S/c1-11-5-7-14(17)10-16(11)18-21(19,20)15-8-6-12-3-2-4-13(12)9-15/h5-10,18H,2-4,17H2,1H3. The zero-order valence-electron chi connectivity index (χ0n) is 11.9. The highest BCUT2D eigenvalue weighted by Crippen LogP contribution is 2.27. The lowest BCUT2D eigenvalue weighted by molar-refractivity contribution is 0.601. The number of hydrogen-bond donors (Lipinski definition) is 2. The van der Waals surface area contributed by atoms with Gasteiger partial charge in [-0.2, -0.15) is 0 Å². The summed E-state index contributed by atoms with van der Waals surface area (Å²) in [6.07, 6.45) is 3.09. The van der Waals surface area contributed by atoms with Crippen molar-refractivity contribution in [1.29, 1.82) is 0 Å². The predicted octanol–water partition coefficient (Wildman–Crippen LogP) is 2.87. The number of sulfonamides is 1. The Kier molecular flexibility index (Phi) is 3.37. The summed E-state index contributed by atoms with van der Waals surface area (Å²) < 4.78 is 27.7. The molecule has 0 bridgehead atoms. The number of nitrogens with two attached hydrogens (primary N) is 1. The molecule has 0 aromatic heterocycles. The fourth-order valence-electron chi connectivity index (χ4n) is 2.67. The second-order valence-electron chi connectivity index (χ2n) is 5.46. The van der Waals surface area contributed by atoms with E-state index in [1.165, 1.54) is 5.56 Å². The van der Waals surface area contributed by atoms with Crippen LogP contribution < -0.4 is 10.5 Å².